The van der Waals surface area contributed by atoms with Crippen LogP contribution in [0.5, 0.6) is 0 Å². The Kier molecular flexibility index (Phi) is 6.20. The highest BCUT2D eigenvalue weighted by atomic mass is 31.0. The van der Waals surface area contributed by atoms with Gasteiger partial charge in [0.15, 0.2) is 0 Å². The zero-order valence-corrected chi connectivity index (χ0v) is 12.6. The second kappa shape index (κ2) is 7.94. The largest absolute Gasteiger partial charge is 0.260 e. The number of hydrogen-bond acceptors (Lipinski definition) is 1. The summed E-state index contributed by atoms with van der Waals surface area (Å²) in [4.78, 5) is 3.13. The Balaban J connectivity index is 1.91. The van der Waals surface area contributed by atoms with Gasteiger partial charge in [-0.15, -0.1) is 0 Å². The molecule has 1 N–H and O–H groups in total. The number of nitrogens with zero attached hydrogens (tertiary/aromatic N) is 1. The van der Waals surface area contributed by atoms with Crippen molar-refractivity contribution < 1.29 is 0 Å². The monoisotopic (exact) mass is 266 g/mol. The molecule has 1 aliphatic rings. The van der Waals surface area contributed by atoms with Crippen molar-refractivity contribution >= 4 is 8.35 Å². The van der Waals surface area contributed by atoms with Crippen LogP contribution in [-0.4, -0.2) is 9.96 Å². The molecule has 102 valence electrons. The van der Waals surface area contributed by atoms with Gasteiger partial charge in [0.25, 0.3) is 0 Å². The van der Waals surface area contributed by atoms with Crippen LogP contribution in [-0.2, 0) is 0 Å². The van der Waals surface area contributed by atoms with Crippen molar-refractivity contribution in [2.24, 2.45) is 0 Å². The van der Waals surface area contributed by atoms with Crippen molar-refractivity contribution in [1.29, 1.82) is 0 Å². The summed E-state index contributed by atoms with van der Waals surface area (Å²) in [6, 6.07) is 0. The van der Waals surface area contributed by atoms with Crippen molar-refractivity contribution in [2.45, 2.75) is 83.5 Å². The molecule has 0 aliphatic heterocycles. The zero-order valence-electron chi connectivity index (χ0n) is 11.7. The van der Waals surface area contributed by atoms with Crippen LogP contribution in [0.4, 0.5) is 0 Å². The van der Waals surface area contributed by atoms with Gasteiger partial charge in [0, 0.05) is 13.6 Å². The molecule has 0 radical (unpaired) electrons. The molecule has 0 aromatic carbocycles. The van der Waals surface area contributed by atoms with Crippen molar-refractivity contribution in [3.05, 3.63) is 11.0 Å². The van der Waals surface area contributed by atoms with Gasteiger partial charge in [-0.2, -0.15) is 5.10 Å². The smallest absolute Gasteiger partial charge is 0.0674 e. The summed E-state index contributed by atoms with van der Waals surface area (Å²) in [5.41, 5.74) is 1.26. The highest BCUT2D eigenvalue weighted by Crippen LogP contribution is 2.34. The summed E-state index contributed by atoms with van der Waals surface area (Å²) in [5.74, 6) is 0.796. The van der Waals surface area contributed by atoms with E-state index in [9.17, 15) is 0 Å². The van der Waals surface area contributed by atoms with E-state index in [1.165, 1.54) is 84.7 Å². The van der Waals surface area contributed by atoms with E-state index in [-0.39, 0.29) is 0 Å². The quantitative estimate of drug-likeness (QED) is 0.695. The molecule has 1 aromatic heterocycles. The molecule has 0 saturated heterocycles. The van der Waals surface area contributed by atoms with E-state index in [0.717, 1.165) is 5.92 Å². The number of rotatable bonds is 1. The van der Waals surface area contributed by atoms with Gasteiger partial charge in [0.2, 0.25) is 0 Å². The van der Waals surface area contributed by atoms with Gasteiger partial charge in [-0.1, -0.05) is 57.8 Å². The number of aromatic amines is 1. The van der Waals surface area contributed by atoms with Crippen molar-refractivity contribution in [3.8, 4) is 0 Å². The predicted octanol–water partition coefficient (Wildman–Crippen LogP) is 5.69. The first-order chi connectivity index (χ1) is 8.88. The normalized spacial score (nSPS) is 21.6. The number of hydrogen-bond donors (Lipinski definition) is 1. The van der Waals surface area contributed by atoms with E-state index in [4.69, 9.17) is 0 Å². The molecule has 18 heavy (non-hydrogen) atoms. The molecule has 2 nitrogen and oxygen atoms in total. The van der Waals surface area contributed by atoms with Crippen molar-refractivity contribution in [1.82, 2.24) is 9.96 Å². The van der Waals surface area contributed by atoms with Gasteiger partial charge in [-0.25, -0.2) is 0 Å². The second-order valence-corrected chi connectivity index (χ2v) is 6.66. The molecule has 0 bridgehead atoms. The second-order valence-electron chi connectivity index (χ2n) is 5.75. The summed E-state index contributed by atoms with van der Waals surface area (Å²) in [5, 5.41) is 5.92. The van der Waals surface area contributed by atoms with Crippen LogP contribution in [0.3, 0.4) is 0 Å². The molecule has 1 heterocycles. The van der Waals surface area contributed by atoms with E-state index in [1.54, 1.807) is 5.30 Å². The summed E-state index contributed by atoms with van der Waals surface area (Å²) in [7, 11) is 1.26. The molecule has 0 spiro atoms. The van der Waals surface area contributed by atoms with Gasteiger partial charge in [0.05, 0.1) is 5.69 Å². The standard InChI is InChI=1S/C15H27N2P/c1-13-15(18-17-16-13)14-11-9-7-5-3-2-4-6-8-10-12-14/h14H,2-12H2,1H3,(H,16,17). The van der Waals surface area contributed by atoms with Gasteiger partial charge in [-0.3, -0.25) is 4.86 Å². The molecule has 0 amide bonds. The maximum absolute atomic E-state index is 4.34. The third-order valence-corrected chi connectivity index (χ3v) is 5.38. The zero-order chi connectivity index (χ0) is 12.6. The average molecular weight is 266 g/mol. The van der Waals surface area contributed by atoms with Gasteiger partial charge >= 0.3 is 0 Å². The lowest BCUT2D eigenvalue weighted by Crippen LogP contribution is -2.00. The molecular weight excluding hydrogens is 239 g/mol. The SMILES string of the molecule is Cc1n[nH]pc1C1CCCCCCCCCCC1. The predicted molar refractivity (Wildman–Crippen MR) is 79.4 cm³/mol. The van der Waals surface area contributed by atoms with Crippen LogP contribution in [0.1, 0.15) is 87.5 Å². The van der Waals surface area contributed by atoms with Crippen LogP contribution in [0.25, 0.3) is 0 Å². The molecule has 3 heteroatoms. The summed E-state index contributed by atoms with van der Waals surface area (Å²) in [6.07, 6.45) is 15.8. The molecule has 1 fully saturated rings. The van der Waals surface area contributed by atoms with E-state index in [1.807, 2.05) is 0 Å². The highest BCUT2D eigenvalue weighted by molar-refractivity contribution is 7.26. The first-order valence-corrected chi connectivity index (χ1v) is 8.64. The number of aromatic nitrogens is 2. The molecule has 1 aromatic rings. The maximum atomic E-state index is 4.34. The van der Waals surface area contributed by atoms with Gasteiger partial charge < -0.3 is 0 Å². The third kappa shape index (κ3) is 4.39. The number of aryl methyl sites for hydroxylation is 1. The molecule has 1 saturated carbocycles. The first kappa shape index (κ1) is 14.1. The molecule has 0 unspecified atom stereocenters. The fourth-order valence-electron chi connectivity index (χ4n) is 3.12. The fraction of sp³-hybridized carbons (Fsp3) is 0.867. The molecule has 2 rings (SSSR count). The Morgan fingerprint density at radius 3 is 1.83 bits per heavy atom. The van der Waals surface area contributed by atoms with Crippen LogP contribution in [0.15, 0.2) is 0 Å². The van der Waals surface area contributed by atoms with Crippen LogP contribution >= 0.6 is 8.35 Å². The average Bonchev–Trinajstić information content (AvgIpc) is 2.76. The van der Waals surface area contributed by atoms with Crippen LogP contribution < -0.4 is 0 Å². The van der Waals surface area contributed by atoms with E-state index >= 15 is 0 Å². The minimum Gasteiger partial charge on any atom is -0.260 e. The Morgan fingerprint density at radius 2 is 1.39 bits per heavy atom. The number of nitrogens with one attached hydrogen (secondary N) is 1. The Bertz CT molecular complexity index is 323. The van der Waals surface area contributed by atoms with E-state index in [2.05, 4.69) is 16.9 Å². The van der Waals surface area contributed by atoms with Gasteiger partial charge in [0.1, 0.15) is 0 Å². The van der Waals surface area contributed by atoms with Crippen molar-refractivity contribution in [2.75, 3.05) is 0 Å². The fourth-order valence-corrected chi connectivity index (χ4v) is 4.08. The Labute approximate surface area is 113 Å². The lowest BCUT2D eigenvalue weighted by molar-refractivity contribution is 0.469. The summed E-state index contributed by atoms with van der Waals surface area (Å²) >= 11 is 0. The van der Waals surface area contributed by atoms with Gasteiger partial charge in [-0.05, 0) is 25.7 Å². The summed E-state index contributed by atoms with van der Waals surface area (Å²) < 4.78 is 0. The van der Waals surface area contributed by atoms with E-state index in [0.29, 0.717) is 0 Å². The Hall–Kier alpha value is -0.360. The lowest BCUT2D eigenvalue weighted by atomic mass is 9.91. The van der Waals surface area contributed by atoms with Crippen molar-refractivity contribution in [3.63, 3.8) is 0 Å². The highest BCUT2D eigenvalue weighted by Gasteiger charge is 2.16. The first-order valence-electron chi connectivity index (χ1n) is 7.75. The van der Waals surface area contributed by atoms with E-state index < -0.39 is 0 Å². The lowest BCUT2D eigenvalue weighted by Gasteiger charge is -2.16. The Morgan fingerprint density at radius 1 is 0.889 bits per heavy atom. The third-order valence-electron chi connectivity index (χ3n) is 4.25. The molecule has 0 atom stereocenters. The topological polar surface area (TPSA) is 28.7 Å². The minimum atomic E-state index is 0.796. The van der Waals surface area contributed by atoms with Crippen LogP contribution in [0.2, 0.25) is 0 Å². The molecular formula is C15H27N2P. The number of H-pyrrole nitrogens is 1. The maximum Gasteiger partial charge on any atom is 0.0674 e. The summed E-state index contributed by atoms with van der Waals surface area (Å²) in [6.45, 7) is 2.17. The van der Waals surface area contributed by atoms with Crippen LogP contribution in [0, 0.1) is 6.92 Å². The molecule has 1 aliphatic carbocycles. The minimum absolute atomic E-state index is 0.796.